The van der Waals surface area contributed by atoms with Gasteiger partial charge in [-0.25, -0.2) is 4.98 Å². The van der Waals surface area contributed by atoms with Gasteiger partial charge in [-0.15, -0.1) is 0 Å². The zero-order valence-corrected chi connectivity index (χ0v) is 12.9. The normalized spacial score (nSPS) is 19.5. The minimum atomic E-state index is -0.617. The molecule has 0 amide bonds. The van der Waals surface area contributed by atoms with Crippen LogP contribution in [0.2, 0.25) is 0 Å². The van der Waals surface area contributed by atoms with Gasteiger partial charge in [0.15, 0.2) is 0 Å². The predicted octanol–water partition coefficient (Wildman–Crippen LogP) is 1.79. The topological polar surface area (TPSA) is 82.6 Å². The summed E-state index contributed by atoms with van der Waals surface area (Å²) in [6.45, 7) is 0.784. The Balaban J connectivity index is 1.60. The van der Waals surface area contributed by atoms with E-state index in [-0.39, 0.29) is 12.6 Å². The maximum atomic E-state index is 10.3. The van der Waals surface area contributed by atoms with E-state index in [2.05, 4.69) is 16.4 Å². The number of nitrogens with one attached hydrogen (secondary N) is 1. The summed E-state index contributed by atoms with van der Waals surface area (Å²) >= 11 is 0. The van der Waals surface area contributed by atoms with E-state index in [1.165, 1.54) is 0 Å². The van der Waals surface area contributed by atoms with Gasteiger partial charge in [-0.05, 0) is 18.2 Å². The minimum Gasteiger partial charge on any atom is -0.490 e. The summed E-state index contributed by atoms with van der Waals surface area (Å²) in [7, 11) is 0. The molecule has 0 spiro atoms. The van der Waals surface area contributed by atoms with Gasteiger partial charge in [0.1, 0.15) is 30.2 Å². The van der Waals surface area contributed by atoms with Crippen molar-refractivity contribution in [1.29, 1.82) is 5.26 Å². The quantitative estimate of drug-likeness (QED) is 0.769. The molecule has 0 unspecified atom stereocenters. The van der Waals surface area contributed by atoms with Crippen LogP contribution in [-0.4, -0.2) is 27.2 Å². The monoisotopic (exact) mass is 320 g/mol. The van der Waals surface area contributed by atoms with Gasteiger partial charge in [0.2, 0.25) is 0 Å². The molecule has 2 atom stereocenters. The van der Waals surface area contributed by atoms with Crippen molar-refractivity contribution in [2.24, 2.45) is 0 Å². The van der Waals surface area contributed by atoms with Crippen LogP contribution < -0.4 is 10.1 Å². The predicted molar refractivity (Wildman–Crippen MR) is 87.4 cm³/mol. The molecule has 24 heavy (non-hydrogen) atoms. The van der Waals surface area contributed by atoms with Crippen molar-refractivity contribution in [2.75, 3.05) is 6.61 Å². The second kappa shape index (κ2) is 5.96. The molecule has 0 radical (unpaired) electrons. The summed E-state index contributed by atoms with van der Waals surface area (Å²) in [5.74, 6) is 0.796. The van der Waals surface area contributed by atoms with E-state index in [0.717, 1.165) is 22.7 Å². The average Bonchev–Trinajstić information content (AvgIpc) is 3.03. The molecule has 3 heterocycles. The van der Waals surface area contributed by atoms with Crippen LogP contribution in [0.25, 0.3) is 5.65 Å². The molecule has 6 nitrogen and oxygen atoms in total. The van der Waals surface area contributed by atoms with E-state index in [1.54, 1.807) is 18.5 Å². The number of para-hydroxylation sites is 1. The summed E-state index contributed by atoms with van der Waals surface area (Å²) in [6.07, 6.45) is 2.93. The number of aromatic nitrogens is 2. The lowest BCUT2D eigenvalue weighted by molar-refractivity contribution is 0.0543. The van der Waals surface area contributed by atoms with Crippen molar-refractivity contribution >= 4 is 5.65 Å². The molecule has 0 saturated carbocycles. The molecule has 3 aromatic rings. The fraction of sp³-hybridized carbons (Fsp3) is 0.222. The molecule has 4 rings (SSSR count). The molecule has 6 heteroatoms. The van der Waals surface area contributed by atoms with Crippen LogP contribution in [0, 0.1) is 11.3 Å². The van der Waals surface area contributed by atoms with E-state index in [9.17, 15) is 5.11 Å². The Hall–Kier alpha value is -2.88. The highest BCUT2D eigenvalue weighted by Crippen LogP contribution is 2.32. The fourth-order valence-electron chi connectivity index (χ4n) is 3.04. The second-order valence-electron chi connectivity index (χ2n) is 5.78. The Bertz CT molecular complexity index is 928. The molecule has 2 aromatic heterocycles. The van der Waals surface area contributed by atoms with Gasteiger partial charge in [-0.1, -0.05) is 18.2 Å². The summed E-state index contributed by atoms with van der Waals surface area (Å²) < 4.78 is 7.45. The zero-order valence-electron chi connectivity index (χ0n) is 12.9. The van der Waals surface area contributed by atoms with Gasteiger partial charge in [0, 0.05) is 18.3 Å². The first kappa shape index (κ1) is 14.7. The Morgan fingerprint density at radius 1 is 1.33 bits per heavy atom. The highest BCUT2D eigenvalue weighted by Gasteiger charge is 2.28. The summed E-state index contributed by atoms with van der Waals surface area (Å²) in [4.78, 5) is 4.35. The van der Waals surface area contributed by atoms with Crippen molar-refractivity contribution < 1.29 is 9.84 Å². The summed E-state index contributed by atoms with van der Waals surface area (Å²) in [6, 6.07) is 13.2. The van der Waals surface area contributed by atoms with Crippen molar-refractivity contribution in [2.45, 2.75) is 18.7 Å². The first-order valence-corrected chi connectivity index (χ1v) is 7.75. The number of aliphatic hydroxyl groups is 1. The lowest BCUT2D eigenvalue weighted by atomic mass is 9.98. The average molecular weight is 320 g/mol. The van der Waals surface area contributed by atoms with E-state index in [4.69, 9.17) is 10.00 Å². The summed E-state index contributed by atoms with van der Waals surface area (Å²) in [5, 5.41) is 22.7. The van der Waals surface area contributed by atoms with Crippen LogP contribution >= 0.6 is 0 Å². The molecule has 0 fully saturated rings. The number of imidazole rings is 1. The second-order valence-corrected chi connectivity index (χ2v) is 5.78. The number of nitrogens with zero attached hydrogens (tertiary/aromatic N) is 3. The van der Waals surface area contributed by atoms with Gasteiger partial charge >= 0.3 is 0 Å². The highest BCUT2D eigenvalue weighted by atomic mass is 16.5. The minimum absolute atomic E-state index is 0.209. The Labute approximate surface area is 138 Å². The largest absolute Gasteiger partial charge is 0.490 e. The Morgan fingerprint density at radius 2 is 2.21 bits per heavy atom. The van der Waals surface area contributed by atoms with Crippen LogP contribution in [0.15, 0.2) is 48.8 Å². The van der Waals surface area contributed by atoms with Crippen LogP contribution in [0.5, 0.6) is 5.75 Å². The van der Waals surface area contributed by atoms with Gasteiger partial charge in [0.05, 0.1) is 23.5 Å². The van der Waals surface area contributed by atoms with Gasteiger partial charge in [-0.2, -0.15) is 5.26 Å². The third kappa shape index (κ3) is 2.50. The summed E-state index contributed by atoms with van der Waals surface area (Å²) in [5.41, 5.74) is 3.25. The van der Waals surface area contributed by atoms with Crippen molar-refractivity contribution in [1.82, 2.24) is 14.7 Å². The number of hydrogen-bond donors (Lipinski definition) is 2. The molecule has 0 bridgehead atoms. The highest BCUT2D eigenvalue weighted by molar-refractivity contribution is 5.44. The number of aliphatic hydroxyl groups excluding tert-OH is 1. The van der Waals surface area contributed by atoms with E-state index in [1.807, 2.05) is 34.7 Å². The number of nitriles is 1. The molecular formula is C18H16N4O2. The maximum Gasteiger partial charge on any atom is 0.137 e. The van der Waals surface area contributed by atoms with Gasteiger partial charge in [-0.3, -0.25) is 0 Å². The van der Waals surface area contributed by atoms with Crippen LogP contribution in [0.1, 0.15) is 22.9 Å². The fourth-order valence-corrected chi connectivity index (χ4v) is 3.04. The lowest BCUT2D eigenvalue weighted by Crippen LogP contribution is -2.39. The third-order valence-electron chi connectivity index (χ3n) is 4.26. The van der Waals surface area contributed by atoms with Crippen molar-refractivity contribution in [3.8, 4) is 11.8 Å². The molecular weight excluding hydrogens is 304 g/mol. The first-order valence-electron chi connectivity index (χ1n) is 7.75. The number of benzene rings is 1. The number of ether oxygens (including phenoxy) is 1. The smallest absolute Gasteiger partial charge is 0.137 e. The molecule has 2 N–H and O–H groups in total. The van der Waals surface area contributed by atoms with Crippen molar-refractivity contribution in [3.63, 3.8) is 0 Å². The molecule has 0 saturated heterocycles. The SMILES string of the molecule is N#Cc1ccc2ncc(CN[C@H]3c4ccccc4OC[C@H]3O)n2c1. The molecule has 1 aliphatic heterocycles. The molecule has 0 aliphatic carbocycles. The van der Waals surface area contributed by atoms with Crippen molar-refractivity contribution in [3.05, 3.63) is 65.6 Å². The van der Waals surface area contributed by atoms with Crippen LogP contribution in [-0.2, 0) is 6.54 Å². The molecule has 120 valence electrons. The Morgan fingerprint density at radius 3 is 3.08 bits per heavy atom. The van der Waals surface area contributed by atoms with E-state index in [0.29, 0.717) is 12.1 Å². The molecule has 1 aromatic carbocycles. The maximum absolute atomic E-state index is 10.3. The number of fused-ring (bicyclic) bond motifs is 2. The van der Waals surface area contributed by atoms with Crippen LogP contribution in [0.4, 0.5) is 0 Å². The standard InChI is InChI=1S/C18H16N4O2/c19-7-12-5-6-17-20-8-13(22(17)10-12)9-21-18-14-3-1-2-4-16(14)24-11-15(18)23/h1-6,8,10,15,18,21,23H,9,11H2/t15-,18+/m1/s1. The third-order valence-corrected chi connectivity index (χ3v) is 4.26. The van der Waals surface area contributed by atoms with Crippen LogP contribution in [0.3, 0.4) is 0 Å². The molecule has 1 aliphatic rings. The first-order chi connectivity index (χ1) is 11.8. The van der Waals surface area contributed by atoms with E-state index >= 15 is 0 Å². The number of pyridine rings is 1. The lowest BCUT2D eigenvalue weighted by Gasteiger charge is -2.31. The number of hydrogen-bond acceptors (Lipinski definition) is 5. The zero-order chi connectivity index (χ0) is 16.5. The van der Waals surface area contributed by atoms with Gasteiger partial charge < -0.3 is 19.6 Å². The Kier molecular flexibility index (Phi) is 3.65. The van der Waals surface area contributed by atoms with Gasteiger partial charge in [0.25, 0.3) is 0 Å². The van der Waals surface area contributed by atoms with E-state index < -0.39 is 6.10 Å². The number of rotatable bonds is 3.